The topological polar surface area (TPSA) is 93.7 Å². The van der Waals surface area contributed by atoms with Crippen molar-refractivity contribution in [3.05, 3.63) is 47.5 Å². The molecule has 3 amide bonds. The lowest BCUT2D eigenvalue weighted by Gasteiger charge is -2.36. The maximum atomic E-state index is 12.4. The second-order valence-electron chi connectivity index (χ2n) is 9.47. The second kappa shape index (κ2) is 8.30. The first kappa shape index (κ1) is 20.4. The van der Waals surface area contributed by atoms with Gasteiger partial charge in [-0.25, -0.2) is 9.78 Å². The fraction of sp³-hybridized carbons (Fsp3) is 0.500. The maximum Gasteiger partial charge on any atom is 0.322 e. The van der Waals surface area contributed by atoms with E-state index in [0.717, 1.165) is 87.6 Å². The molecule has 1 saturated carbocycles. The third-order valence-electron chi connectivity index (χ3n) is 7.08. The fourth-order valence-electron chi connectivity index (χ4n) is 5.07. The number of pyridine rings is 2. The molecule has 0 aromatic carbocycles. The first-order chi connectivity index (χ1) is 16.1. The summed E-state index contributed by atoms with van der Waals surface area (Å²) in [6, 6.07) is 6.38. The van der Waals surface area contributed by atoms with Crippen LogP contribution in [0.1, 0.15) is 53.5 Å². The van der Waals surface area contributed by atoms with Gasteiger partial charge in [-0.1, -0.05) is 0 Å². The van der Waals surface area contributed by atoms with Crippen LogP contribution in [0.5, 0.6) is 0 Å². The van der Waals surface area contributed by atoms with Crippen LogP contribution in [0.4, 0.5) is 16.2 Å². The summed E-state index contributed by atoms with van der Waals surface area (Å²) in [4.78, 5) is 40.2. The van der Waals surface area contributed by atoms with Crippen LogP contribution >= 0.6 is 0 Å². The van der Waals surface area contributed by atoms with E-state index in [1.54, 1.807) is 6.20 Å². The summed E-state index contributed by atoms with van der Waals surface area (Å²) >= 11 is 0. The molecule has 33 heavy (non-hydrogen) atoms. The minimum atomic E-state index is -0.0793. The number of aromatic nitrogens is 2. The standard InChI is InChI=1S/C24H29N7O2/c32-23(27-17-3-4-17)19-6-5-18(14-25-19)30-10-8-29(9-11-30)15-16-12-20-22(26-13-16)21-2-1-7-31(21)24(33)28-20/h5-6,12-14,17,21H,1-4,7-11,15H2,(H,27,32)(H,28,33). The first-order valence-corrected chi connectivity index (χ1v) is 11.9. The van der Waals surface area contributed by atoms with Crippen molar-refractivity contribution in [2.75, 3.05) is 42.9 Å². The van der Waals surface area contributed by atoms with Crippen molar-refractivity contribution in [2.45, 2.75) is 44.3 Å². The minimum absolute atomic E-state index is 0.00205. The number of rotatable bonds is 5. The second-order valence-corrected chi connectivity index (χ2v) is 9.47. The molecule has 2 N–H and O–H groups in total. The van der Waals surface area contributed by atoms with E-state index >= 15 is 0 Å². The van der Waals surface area contributed by atoms with Gasteiger partial charge in [0.15, 0.2) is 0 Å². The maximum absolute atomic E-state index is 12.4. The Bertz CT molecular complexity index is 1060. The van der Waals surface area contributed by atoms with Crippen molar-refractivity contribution >= 4 is 23.3 Å². The number of fused-ring (bicyclic) bond motifs is 3. The van der Waals surface area contributed by atoms with Gasteiger partial charge < -0.3 is 20.4 Å². The van der Waals surface area contributed by atoms with Gasteiger partial charge in [-0.3, -0.25) is 14.7 Å². The van der Waals surface area contributed by atoms with Gasteiger partial charge >= 0.3 is 6.03 Å². The number of piperazine rings is 1. The zero-order valence-electron chi connectivity index (χ0n) is 18.7. The van der Waals surface area contributed by atoms with E-state index in [2.05, 4.69) is 31.5 Å². The van der Waals surface area contributed by atoms with Crippen LogP contribution in [0.15, 0.2) is 30.6 Å². The third-order valence-corrected chi connectivity index (χ3v) is 7.08. The van der Waals surface area contributed by atoms with Gasteiger partial charge in [-0.15, -0.1) is 0 Å². The lowest BCUT2D eigenvalue weighted by Crippen LogP contribution is -2.46. The predicted molar refractivity (Wildman–Crippen MR) is 124 cm³/mol. The highest BCUT2D eigenvalue weighted by Gasteiger charge is 2.37. The molecule has 2 saturated heterocycles. The lowest BCUT2D eigenvalue weighted by molar-refractivity contribution is 0.0946. The van der Waals surface area contributed by atoms with Gasteiger partial charge in [-0.05, 0) is 49.4 Å². The van der Waals surface area contributed by atoms with Gasteiger partial charge in [0.25, 0.3) is 5.91 Å². The van der Waals surface area contributed by atoms with Gasteiger partial charge in [0.1, 0.15) is 5.69 Å². The summed E-state index contributed by atoms with van der Waals surface area (Å²) in [5.41, 5.74) is 4.54. The van der Waals surface area contributed by atoms with Crippen molar-refractivity contribution in [1.29, 1.82) is 0 Å². The van der Waals surface area contributed by atoms with Gasteiger partial charge in [0.2, 0.25) is 0 Å². The number of carbonyl (C=O) groups is 2. The van der Waals surface area contributed by atoms with E-state index in [0.29, 0.717) is 11.7 Å². The molecule has 1 aliphatic carbocycles. The highest BCUT2D eigenvalue weighted by molar-refractivity contribution is 5.93. The van der Waals surface area contributed by atoms with E-state index in [1.807, 2.05) is 23.2 Å². The van der Waals surface area contributed by atoms with Gasteiger partial charge in [0, 0.05) is 51.5 Å². The molecule has 0 bridgehead atoms. The number of hydrogen-bond donors (Lipinski definition) is 2. The summed E-state index contributed by atoms with van der Waals surface area (Å²) < 4.78 is 0. The highest BCUT2D eigenvalue weighted by Crippen LogP contribution is 2.38. The Balaban J connectivity index is 1.05. The Kier molecular flexibility index (Phi) is 5.13. The van der Waals surface area contributed by atoms with E-state index in [4.69, 9.17) is 4.98 Å². The van der Waals surface area contributed by atoms with Gasteiger partial charge in [-0.2, -0.15) is 0 Å². The lowest BCUT2D eigenvalue weighted by atomic mass is 10.1. The van der Waals surface area contributed by atoms with Crippen LogP contribution in [-0.4, -0.2) is 70.5 Å². The summed E-state index contributed by atoms with van der Waals surface area (Å²) in [6.45, 7) is 5.31. The Morgan fingerprint density at radius 1 is 1.06 bits per heavy atom. The molecule has 3 aliphatic heterocycles. The Hall–Kier alpha value is -3.20. The zero-order valence-corrected chi connectivity index (χ0v) is 18.7. The van der Waals surface area contributed by atoms with E-state index in [9.17, 15) is 9.59 Å². The number of anilines is 2. The molecule has 1 unspecified atom stereocenters. The first-order valence-electron chi connectivity index (χ1n) is 11.9. The zero-order chi connectivity index (χ0) is 22.4. The van der Waals surface area contributed by atoms with Crippen LogP contribution in [-0.2, 0) is 6.54 Å². The highest BCUT2D eigenvalue weighted by atomic mass is 16.2. The quantitative estimate of drug-likeness (QED) is 0.731. The van der Waals surface area contributed by atoms with Gasteiger partial charge in [0.05, 0.1) is 29.3 Å². The smallest absolute Gasteiger partial charge is 0.322 e. The number of amides is 3. The molecule has 6 rings (SSSR count). The van der Waals surface area contributed by atoms with Crippen LogP contribution in [0, 0.1) is 0 Å². The molecule has 9 nitrogen and oxygen atoms in total. The minimum Gasteiger partial charge on any atom is -0.368 e. The Labute approximate surface area is 193 Å². The molecular weight excluding hydrogens is 418 g/mol. The summed E-state index contributed by atoms with van der Waals surface area (Å²) in [5.74, 6) is -0.0793. The van der Waals surface area contributed by atoms with Crippen LogP contribution in [0.2, 0.25) is 0 Å². The fourth-order valence-corrected chi connectivity index (χ4v) is 5.07. The average Bonchev–Trinajstić information content (AvgIpc) is 3.50. The number of carbonyl (C=O) groups excluding carboxylic acids is 2. The predicted octanol–water partition coefficient (Wildman–Crippen LogP) is 2.37. The number of nitrogens with zero attached hydrogens (tertiary/aromatic N) is 5. The molecule has 2 aromatic heterocycles. The van der Waals surface area contributed by atoms with Crippen molar-refractivity contribution in [3.8, 4) is 0 Å². The van der Waals surface area contributed by atoms with E-state index in [-0.39, 0.29) is 18.0 Å². The molecule has 2 aromatic rings. The largest absolute Gasteiger partial charge is 0.368 e. The summed E-state index contributed by atoms with van der Waals surface area (Å²) in [7, 11) is 0. The molecule has 5 heterocycles. The van der Waals surface area contributed by atoms with E-state index < -0.39 is 0 Å². The molecule has 9 heteroatoms. The molecule has 0 spiro atoms. The molecule has 0 radical (unpaired) electrons. The van der Waals surface area contributed by atoms with Crippen molar-refractivity contribution in [3.63, 3.8) is 0 Å². The van der Waals surface area contributed by atoms with Crippen LogP contribution in [0.25, 0.3) is 0 Å². The molecule has 1 atom stereocenters. The van der Waals surface area contributed by atoms with Crippen molar-refractivity contribution in [1.82, 2.24) is 25.1 Å². The SMILES string of the molecule is O=C(NC1CC1)c1ccc(N2CCN(Cc3cnc4c(c3)NC(=O)N3CCCC43)CC2)cn1. The van der Waals surface area contributed by atoms with E-state index in [1.165, 1.54) is 0 Å². The molecule has 4 aliphatic rings. The number of nitrogens with one attached hydrogen (secondary N) is 2. The summed E-state index contributed by atoms with van der Waals surface area (Å²) in [5, 5.41) is 6.00. The Morgan fingerprint density at radius 3 is 2.67 bits per heavy atom. The molecule has 172 valence electrons. The average molecular weight is 448 g/mol. The number of hydrogen-bond acceptors (Lipinski definition) is 6. The number of urea groups is 1. The van der Waals surface area contributed by atoms with Crippen molar-refractivity contribution in [2.24, 2.45) is 0 Å². The normalized spacial score (nSPS) is 22.5. The molecule has 3 fully saturated rings. The third kappa shape index (κ3) is 4.13. The summed E-state index contributed by atoms with van der Waals surface area (Å²) in [6.07, 6.45) is 7.95. The van der Waals surface area contributed by atoms with Crippen molar-refractivity contribution < 1.29 is 9.59 Å². The van der Waals surface area contributed by atoms with Crippen LogP contribution < -0.4 is 15.5 Å². The Morgan fingerprint density at radius 2 is 1.91 bits per heavy atom. The monoisotopic (exact) mass is 447 g/mol. The van der Waals surface area contributed by atoms with Crippen LogP contribution in [0.3, 0.4) is 0 Å². The molecular formula is C24H29N7O2.